The summed E-state index contributed by atoms with van der Waals surface area (Å²) in [5.74, 6) is 0.725. The van der Waals surface area contributed by atoms with Gasteiger partial charge >= 0.3 is 0 Å². The van der Waals surface area contributed by atoms with E-state index in [0.29, 0.717) is 0 Å². The zero-order valence-electron chi connectivity index (χ0n) is 10.5. The topological polar surface area (TPSA) is 84.5 Å². The second-order valence-electron chi connectivity index (χ2n) is 3.11. The van der Waals surface area contributed by atoms with Crippen LogP contribution in [0.1, 0.15) is 11.1 Å². The maximum atomic E-state index is 9.13. The Morgan fingerprint density at radius 1 is 0.611 bits per heavy atom. The van der Waals surface area contributed by atoms with Crippen molar-refractivity contribution in [3.8, 4) is 35.1 Å². The molecule has 0 aliphatic heterocycles. The smallest absolute Gasteiger partial charge is 0.208 e. The zero-order chi connectivity index (χ0) is 13.7. The van der Waals surface area contributed by atoms with Gasteiger partial charge in [-0.1, -0.05) is 0 Å². The number of hydrogen-bond donors (Lipinski definition) is 0. The molecule has 0 amide bonds. The fourth-order valence-corrected chi connectivity index (χ4v) is 1.63. The molecule has 0 fully saturated rings. The summed E-state index contributed by atoms with van der Waals surface area (Å²) in [5, 5.41) is 18.3. The maximum Gasteiger partial charge on any atom is 0.208 e. The van der Waals surface area contributed by atoms with E-state index in [1.165, 1.54) is 28.4 Å². The molecule has 0 aromatic heterocycles. The van der Waals surface area contributed by atoms with Gasteiger partial charge in [0.15, 0.2) is 11.5 Å². The van der Waals surface area contributed by atoms with Crippen molar-refractivity contribution in [2.45, 2.75) is 0 Å². The lowest BCUT2D eigenvalue weighted by Gasteiger charge is -2.17. The van der Waals surface area contributed by atoms with Crippen LogP contribution in [0.4, 0.5) is 0 Å². The number of nitrogens with zero attached hydrogens (tertiary/aromatic N) is 2. The molecule has 0 heterocycles. The van der Waals surface area contributed by atoms with Gasteiger partial charge < -0.3 is 18.9 Å². The number of nitriles is 2. The van der Waals surface area contributed by atoms with Crippen molar-refractivity contribution in [1.29, 1.82) is 10.5 Å². The third-order valence-corrected chi connectivity index (χ3v) is 2.36. The predicted molar refractivity (Wildman–Crippen MR) is 62.1 cm³/mol. The van der Waals surface area contributed by atoms with Crippen LogP contribution in [-0.4, -0.2) is 28.4 Å². The summed E-state index contributed by atoms with van der Waals surface area (Å²) in [6.45, 7) is 0. The summed E-state index contributed by atoms with van der Waals surface area (Å²) in [6.07, 6.45) is 0. The average Bonchev–Trinajstić information content (AvgIpc) is 2.43. The van der Waals surface area contributed by atoms with Crippen molar-refractivity contribution in [1.82, 2.24) is 0 Å². The highest BCUT2D eigenvalue weighted by Crippen LogP contribution is 2.48. The van der Waals surface area contributed by atoms with Gasteiger partial charge in [0.1, 0.15) is 23.3 Å². The van der Waals surface area contributed by atoms with Gasteiger partial charge in [-0.05, 0) is 0 Å². The van der Waals surface area contributed by atoms with Crippen molar-refractivity contribution >= 4 is 0 Å². The largest absolute Gasteiger partial charge is 0.491 e. The molecule has 0 bridgehead atoms. The van der Waals surface area contributed by atoms with Crippen LogP contribution in [-0.2, 0) is 0 Å². The van der Waals surface area contributed by atoms with Crippen molar-refractivity contribution in [2.75, 3.05) is 28.4 Å². The number of benzene rings is 1. The Balaban J connectivity index is 3.87. The molecule has 0 N–H and O–H groups in total. The van der Waals surface area contributed by atoms with E-state index in [9.17, 15) is 0 Å². The monoisotopic (exact) mass is 248 g/mol. The lowest BCUT2D eigenvalue weighted by molar-refractivity contribution is 0.304. The zero-order valence-corrected chi connectivity index (χ0v) is 10.5. The molecular formula is C12H12N2O4. The molecule has 0 saturated carbocycles. The number of ether oxygens (including phenoxy) is 4. The molecule has 1 aromatic carbocycles. The number of rotatable bonds is 4. The minimum absolute atomic E-state index is 0.0505. The third kappa shape index (κ3) is 1.85. The molecule has 18 heavy (non-hydrogen) atoms. The highest BCUT2D eigenvalue weighted by Gasteiger charge is 2.27. The Bertz CT molecular complexity index is 492. The van der Waals surface area contributed by atoms with E-state index in [1.807, 2.05) is 12.1 Å². The Hall–Kier alpha value is -2.60. The lowest BCUT2D eigenvalue weighted by Crippen LogP contribution is -2.03. The van der Waals surface area contributed by atoms with E-state index >= 15 is 0 Å². The van der Waals surface area contributed by atoms with Gasteiger partial charge in [0.25, 0.3) is 0 Å². The molecule has 0 unspecified atom stereocenters. The van der Waals surface area contributed by atoms with Crippen molar-refractivity contribution in [3.05, 3.63) is 11.1 Å². The molecular weight excluding hydrogens is 236 g/mol. The van der Waals surface area contributed by atoms with Crippen LogP contribution in [0.15, 0.2) is 0 Å². The Morgan fingerprint density at radius 2 is 0.889 bits per heavy atom. The molecule has 1 rings (SSSR count). The van der Waals surface area contributed by atoms with E-state index in [4.69, 9.17) is 29.5 Å². The summed E-state index contributed by atoms with van der Waals surface area (Å²) >= 11 is 0. The quantitative estimate of drug-likeness (QED) is 0.802. The Morgan fingerprint density at radius 3 is 1.06 bits per heavy atom. The molecule has 94 valence electrons. The average molecular weight is 248 g/mol. The summed E-state index contributed by atoms with van der Waals surface area (Å²) in [5.41, 5.74) is 0.101. The fourth-order valence-electron chi connectivity index (χ4n) is 1.63. The van der Waals surface area contributed by atoms with Crippen LogP contribution >= 0.6 is 0 Å². The van der Waals surface area contributed by atoms with Gasteiger partial charge in [0.05, 0.1) is 28.4 Å². The van der Waals surface area contributed by atoms with Crippen LogP contribution < -0.4 is 18.9 Å². The Kier molecular flexibility index (Phi) is 4.22. The van der Waals surface area contributed by atoms with Gasteiger partial charge in [-0.3, -0.25) is 0 Å². The lowest BCUT2D eigenvalue weighted by atomic mass is 10.0. The molecule has 0 spiro atoms. The first-order valence-electron chi connectivity index (χ1n) is 4.90. The molecule has 0 aliphatic carbocycles. The standard InChI is InChI=1S/C12H12N2O4/c1-15-9-7(5-13)8(6-14)10(16-2)12(18-4)11(9)17-3/h1-4H3. The third-order valence-electron chi connectivity index (χ3n) is 2.36. The fraction of sp³-hybridized carbons (Fsp3) is 0.333. The highest BCUT2D eigenvalue weighted by molar-refractivity contribution is 5.73. The SMILES string of the molecule is COc1c(C#N)c(C#N)c(OC)c(OC)c1OC. The van der Waals surface area contributed by atoms with Crippen molar-refractivity contribution in [2.24, 2.45) is 0 Å². The van der Waals surface area contributed by atoms with Crippen molar-refractivity contribution < 1.29 is 18.9 Å². The molecule has 6 heteroatoms. The van der Waals surface area contributed by atoms with Gasteiger partial charge in [-0.2, -0.15) is 10.5 Å². The molecule has 0 saturated heterocycles. The van der Waals surface area contributed by atoms with Crippen LogP contribution in [0.2, 0.25) is 0 Å². The van der Waals surface area contributed by atoms with E-state index in [0.717, 1.165) is 0 Å². The summed E-state index contributed by atoms with van der Waals surface area (Å²) in [7, 11) is 5.58. The first kappa shape index (κ1) is 13.5. The van der Waals surface area contributed by atoms with Crippen LogP contribution in [0.25, 0.3) is 0 Å². The number of hydrogen-bond acceptors (Lipinski definition) is 6. The van der Waals surface area contributed by atoms with Gasteiger partial charge in [0, 0.05) is 0 Å². The van der Waals surface area contributed by atoms with Gasteiger partial charge in [-0.15, -0.1) is 0 Å². The van der Waals surface area contributed by atoms with Crippen LogP contribution in [0.3, 0.4) is 0 Å². The molecule has 0 atom stereocenters. The maximum absolute atomic E-state index is 9.13. The van der Waals surface area contributed by atoms with Crippen molar-refractivity contribution in [3.63, 3.8) is 0 Å². The summed E-state index contributed by atoms with van der Waals surface area (Å²) in [6, 6.07) is 3.81. The minimum atomic E-state index is 0.0505. The first-order valence-corrected chi connectivity index (χ1v) is 4.90. The van der Waals surface area contributed by atoms with E-state index in [1.54, 1.807) is 0 Å². The normalized spacial score (nSPS) is 9.00. The molecule has 0 aliphatic rings. The van der Waals surface area contributed by atoms with Crippen LogP contribution in [0.5, 0.6) is 23.0 Å². The van der Waals surface area contributed by atoms with Gasteiger partial charge in [0.2, 0.25) is 11.5 Å². The minimum Gasteiger partial charge on any atom is -0.491 e. The Labute approximate surface area is 105 Å². The van der Waals surface area contributed by atoms with E-state index < -0.39 is 0 Å². The summed E-state index contributed by atoms with van der Waals surface area (Å²) < 4.78 is 20.5. The predicted octanol–water partition coefficient (Wildman–Crippen LogP) is 1.46. The second-order valence-corrected chi connectivity index (χ2v) is 3.11. The number of methoxy groups -OCH3 is 4. The molecule has 1 aromatic rings. The highest BCUT2D eigenvalue weighted by atomic mass is 16.5. The van der Waals surface area contributed by atoms with E-state index in [-0.39, 0.29) is 34.1 Å². The first-order chi connectivity index (χ1) is 8.69. The second kappa shape index (κ2) is 5.65. The van der Waals surface area contributed by atoms with E-state index in [2.05, 4.69) is 0 Å². The van der Waals surface area contributed by atoms with Crippen LogP contribution in [0, 0.1) is 22.7 Å². The summed E-state index contributed by atoms with van der Waals surface area (Å²) in [4.78, 5) is 0. The molecule has 0 radical (unpaired) electrons. The molecule has 6 nitrogen and oxygen atoms in total. The van der Waals surface area contributed by atoms with Gasteiger partial charge in [-0.25, -0.2) is 0 Å².